The molecule has 252 valence electrons. The van der Waals surface area contributed by atoms with Gasteiger partial charge in [-0.25, -0.2) is 34.0 Å². The number of aliphatic hydroxyl groups is 2. The Morgan fingerprint density at radius 2 is 1.89 bits per heavy atom. The number of fused-ring (bicyclic) bond motifs is 4. The topological polar surface area (TPSA) is 274 Å². The molecule has 11 atom stereocenters. The molecule has 0 radical (unpaired) electrons. The molecule has 6 N–H and O–H groups in total. The summed E-state index contributed by atoms with van der Waals surface area (Å²) >= 11 is 4.24. The molecule has 2 aliphatic heterocycles. The monoisotopic (exact) mass is 713 g/mol. The number of aromatic amines is 1. The number of nitrogens with two attached hydrogens (primary N) is 1. The Morgan fingerprint density at radius 3 is 2.68 bits per heavy atom. The van der Waals surface area contributed by atoms with E-state index in [1.54, 1.807) is 11.5 Å². The second-order valence-corrected chi connectivity index (χ2v) is 16.4. The van der Waals surface area contributed by atoms with E-state index in [0.717, 1.165) is 0 Å². The van der Waals surface area contributed by atoms with Crippen LogP contribution in [0.5, 0.6) is 0 Å². The molecule has 2 saturated carbocycles. The van der Waals surface area contributed by atoms with Crippen molar-refractivity contribution in [3.8, 4) is 0 Å². The van der Waals surface area contributed by atoms with Gasteiger partial charge in [0, 0.05) is 11.3 Å². The molecule has 0 aromatic carbocycles. The number of hydrogen-bond donors (Lipinski definition) is 6. The van der Waals surface area contributed by atoms with Crippen molar-refractivity contribution >= 4 is 55.0 Å². The van der Waals surface area contributed by atoms with Gasteiger partial charge in [-0.05, 0) is 19.3 Å². The molecular weight excluding hydrogens is 684 g/mol. The van der Waals surface area contributed by atoms with Crippen LogP contribution in [0.15, 0.2) is 23.8 Å². The fourth-order valence-electron chi connectivity index (χ4n) is 7.23. The molecule has 2 bridgehead atoms. The van der Waals surface area contributed by atoms with Crippen molar-refractivity contribution in [2.24, 2.45) is 17.3 Å². The van der Waals surface area contributed by atoms with Crippen LogP contribution in [-0.2, 0) is 32.0 Å². The number of phosphoric ester groups is 1. The SMILES string of the molecule is Cc1nc2c(ncn2[C@@H]2O[C@@H]3COP(=O)(O)O[C@H]4[C@@H](O)[C@H](n5cnc6c(N)ncnc65)[C@H]5C[C@]54CO[P@@](=O)(S)O[C@@H]2[C@@H]3CO)c(=O)[nH]1. The molecule has 4 aromatic rings. The van der Waals surface area contributed by atoms with Crippen LogP contribution in [0.1, 0.15) is 24.5 Å². The summed E-state index contributed by atoms with van der Waals surface area (Å²) in [4.78, 5) is 46.9. The van der Waals surface area contributed by atoms with Crippen molar-refractivity contribution in [1.29, 1.82) is 0 Å². The second kappa shape index (κ2) is 10.8. The predicted octanol–water partition coefficient (Wildman–Crippen LogP) is 0.233. The van der Waals surface area contributed by atoms with Gasteiger partial charge in [0.15, 0.2) is 28.9 Å². The van der Waals surface area contributed by atoms with Gasteiger partial charge in [0.2, 0.25) is 0 Å². The highest BCUT2D eigenvalue weighted by Crippen LogP contribution is 2.72. The van der Waals surface area contributed by atoms with E-state index in [4.69, 9.17) is 28.6 Å². The molecule has 2 aliphatic carbocycles. The zero-order valence-corrected chi connectivity index (χ0v) is 27.0. The maximum atomic E-state index is 13.9. The van der Waals surface area contributed by atoms with Gasteiger partial charge < -0.3 is 39.7 Å². The first-order chi connectivity index (χ1) is 22.3. The van der Waals surface area contributed by atoms with Gasteiger partial charge in [0.05, 0.1) is 44.6 Å². The van der Waals surface area contributed by atoms with E-state index < -0.39 is 87.3 Å². The largest absolute Gasteiger partial charge is 0.472 e. The van der Waals surface area contributed by atoms with E-state index in [2.05, 4.69) is 42.2 Å². The third-order valence-corrected chi connectivity index (χ3v) is 12.0. The van der Waals surface area contributed by atoms with Gasteiger partial charge in [-0.15, -0.1) is 0 Å². The molecule has 47 heavy (non-hydrogen) atoms. The third-order valence-electron chi connectivity index (χ3n) is 9.46. The molecule has 20 nitrogen and oxygen atoms in total. The van der Waals surface area contributed by atoms with E-state index in [0.29, 0.717) is 17.6 Å². The first kappa shape index (κ1) is 31.5. The number of aromatic nitrogens is 8. The molecule has 6 heterocycles. The fourth-order valence-corrected chi connectivity index (χ4v) is 9.78. The number of thiol groups is 1. The Labute approximate surface area is 268 Å². The number of nitrogen functional groups attached to an aromatic ring is 1. The molecule has 0 amide bonds. The Kier molecular flexibility index (Phi) is 7.26. The summed E-state index contributed by atoms with van der Waals surface area (Å²) < 4.78 is 59.2. The summed E-state index contributed by atoms with van der Waals surface area (Å²) in [6.45, 7) is -4.27. The number of hydrogen-bond acceptors (Lipinski definition) is 16. The first-order valence-corrected chi connectivity index (χ1v) is 18.6. The van der Waals surface area contributed by atoms with Crippen molar-refractivity contribution < 1.29 is 47.1 Å². The number of anilines is 1. The Morgan fingerprint density at radius 1 is 1.13 bits per heavy atom. The van der Waals surface area contributed by atoms with Gasteiger partial charge >= 0.3 is 14.6 Å². The molecule has 8 rings (SSSR count). The summed E-state index contributed by atoms with van der Waals surface area (Å²) in [5.41, 5.74) is 5.07. The standard InChI is InChI=1S/C24H29N9O11P2S/c1-9-30-21-14(22(36)31-9)29-8-33(21)23-17-10(3-34)12(42-23)4-40-45(37,38)44-18-16(35)15(11-2-24(11,18)5-41-46(39,47)43-17)32-7-28-13-19(25)26-6-27-20(13)32/h6-8,10-12,15-18,23,34-35H,2-5H2,1H3,(H,37,38)(H,39,47)(H2,25,26,27)(H,30,31,36)/t10-,11-,12-,15-,16+,17-,18+,23-,24+,46-/m1/s1. The quantitative estimate of drug-likeness (QED) is 0.122. The van der Waals surface area contributed by atoms with Crippen LogP contribution in [0.4, 0.5) is 5.82 Å². The van der Waals surface area contributed by atoms with Crippen LogP contribution in [0.2, 0.25) is 0 Å². The molecule has 4 fully saturated rings. The lowest BCUT2D eigenvalue weighted by Gasteiger charge is -2.30. The van der Waals surface area contributed by atoms with Crippen LogP contribution in [0, 0.1) is 24.2 Å². The van der Waals surface area contributed by atoms with Gasteiger partial charge in [-0.2, -0.15) is 0 Å². The van der Waals surface area contributed by atoms with Crippen LogP contribution in [0.3, 0.4) is 0 Å². The minimum Gasteiger partial charge on any atom is -0.396 e. The smallest absolute Gasteiger partial charge is 0.396 e. The molecule has 1 unspecified atom stereocenters. The number of rotatable bonds is 3. The van der Waals surface area contributed by atoms with Crippen molar-refractivity contribution in [3.63, 3.8) is 0 Å². The van der Waals surface area contributed by atoms with Crippen molar-refractivity contribution in [3.05, 3.63) is 35.2 Å². The predicted molar refractivity (Wildman–Crippen MR) is 161 cm³/mol. The van der Waals surface area contributed by atoms with Gasteiger partial charge in [-0.1, -0.05) is 12.2 Å². The summed E-state index contributed by atoms with van der Waals surface area (Å²) in [7, 11) is -4.92. The van der Waals surface area contributed by atoms with Gasteiger partial charge in [0.25, 0.3) is 5.56 Å². The lowest BCUT2D eigenvalue weighted by Crippen LogP contribution is -2.38. The van der Waals surface area contributed by atoms with Crippen LogP contribution in [-0.4, -0.2) is 98.4 Å². The molecule has 4 aliphatic rings. The number of aryl methyl sites for hydroxylation is 1. The van der Waals surface area contributed by atoms with Gasteiger partial charge in [0.1, 0.15) is 36.0 Å². The summed E-state index contributed by atoms with van der Waals surface area (Å²) in [5, 5.41) is 21.9. The molecule has 1 spiro atoms. The Balaban J connectivity index is 1.15. The molecule has 4 aromatic heterocycles. The maximum Gasteiger partial charge on any atom is 0.472 e. The zero-order valence-electron chi connectivity index (χ0n) is 24.3. The average molecular weight is 714 g/mol. The summed E-state index contributed by atoms with van der Waals surface area (Å²) in [6, 6.07) is -0.757. The highest BCUT2D eigenvalue weighted by Gasteiger charge is 2.74. The second-order valence-electron chi connectivity index (χ2n) is 12.1. The molecule has 2 saturated heterocycles. The lowest BCUT2D eigenvalue weighted by molar-refractivity contribution is -0.0623. The molecule has 23 heteroatoms. The maximum absolute atomic E-state index is 13.9. The highest BCUT2D eigenvalue weighted by molar-refractivity contribution is 8.44. The minimum absolute atomic E-state index is 0.00903. The van der Waals surface area contributed by atoms with Crippen molar-refractivity contribution in [1.82, 2.24) is 39.0 Å². The van der Waals surface area contributed by atoms with Crippen molar-refractivity contribution in [2.45, 2.75) is 50.0 Å². The Hall–Kier alpha value is -2.81. The Bertz CT molecular complexity index is 2060. The number of aliphatic hydroxyl groups excluding tert-OH is 2. The van der Waals surface area contributed by atoms with Gasteiger partial charge in [-0.3, -0.25) is 22.9 Å². The number of H-pyrrole nitrogens is 1. The van der Waals surface area contributed by atoms with Crippen LogP contribution in [0.25, 0.3) is 22.3 Å². The van der Waals surface area contributed by atoms with Crippen LogP contribution < -0.4 is 11.3 Å². The number of ether oxygens (including phenoxy) is 1. The van der Waals surface area contributed by atoms with E-state index in [9.17, 15) is 29.0 Å². The zero-order chi connectivity index (χ0) is 33.0. The normalized spacial score (nSPS) is 40.4. The molecular formula is C24H29N9O11P2S. The number of nitrogens with zero attached hydrogens (tertiary/aromatic N) is 7. The number of phosphoric acid groups is 1. The van der Waals surface area contributed by atoms with E-state index >= 15 is 0 Å². The van der Waals surface area contributed by atoms with Crippen molar-refractivity contribution in [2.75, 3.05) is 25.6 Å². The average Bonchev–Trinajstić information content (AvgIpc) is 3.30. The van der Waals surface area contributed by atoms with E-state index in [1.165, 1.54) is 23.5 Å². The summed E-state index contributed by atoms with van der Waals surface area (Å²) in [6.07, 6.45) is -2.01. The lowest BCUT2D eigenvalue weighted by atomic mass is 9.99. The number of imidazole rings is 2. The fraction of sp³-hybridized carbons (Fsp3) is 0.583. The minimum atomic E-state index is -4.92. The van der Waals surface area contributed by atoms with E-state index in [1.807, 2.05) is 0 Å². The third kappa shape index (κ3) is 4.99. The number of nitrogens with one attached hydrogen (secondary N) is 1. The highest BCUT2D eigenvalue weighted by atomic mass is 32.7. The van der Waals surface area contributed by atoms with E-state index in [-0.39, 0.29) is 29.4 Å². The summed E-state index contributed by atoms with van der Waals surface area (Å²) in [5.74, 6) is -0.993. The first-order valence-electron chi connectivity index (χ1n) is 14.4. The van der Waals surface area contributed by atoms with Crippen LogP contribution >= 0.6 is 26.9 Å².